The maximum atomic E-state index is 10.5. The zero-order valence-electron chi connectivity index (χ0n) is 25.0. The van der Waals surface area contributed by atoms with Crippen LogP contribution >= 0.6 is 0 Å². The van der Waals surface area contributed by atoms with Crippen LogP contribution in [0.2, 0.25) is 0 Å². The van der Waals surface area contributed by atoms with Gasteiger partial charge in [-0.25, -0.2) is 4.98 Å². The van der Waals surface area contributed by atoms with E-state index in [0.29, 0.717) is 11.0 Å². The maximum absolute atomic E-state index is 10.5. The molecule has 0 amide bonds. The average Bonchev–Trinajstić information content (AvgIpc) is 3.52. The second kappa shape index (κ2) is 9.46. The third kappa shape index (κ3) is 3.87. The van der Waals surface area contributed by atoms with Crippen LogP contribution < -0.4 is 0 Å². The van der Waals surface area contributed by atoms with Gasteiger partial charge in [0.2, 0.25) is 0 Å². The highest BCUT2D eigenvalue weighted by molar-refractivity contribution is 6.44. The van der Waals surface area contributed by atoms with Crippen molar-refractivity contribution in [2.45, 2.75) is 30.2 Å². The van der Waals surface area contributed by atoms with E-state index in [9.17, 15) is 10.2 Å². The van der Waals surface area contributed by atoms with Crippen molar-refractivity contribution >= 4 is 56.1 Å². The number of hydrogen-bond donors (Lipinski definition) is 2. The first-order valence-electron chi connectivity index (χ1n) is 15.0. The van der Waals surface area contributed by atoms with Crippen LogP contribution in [0.4, 0.5) is 0 Å². The Morgan fingerprint density at radius 1 is 0.644 bits per heavy atom. The first-order valence-corrected chi connectivity index (χ1v) is 15.0. The Kier molecular flexibility index (Phi) is 5.88. The van der Waals surface area contributed by atoms with Crippen molar-refractivity contribution in [1.29, 1.82) is 0 Å². The normalized spacial score (nSPS) is 14.2. The van der Waals surface area contributed by atoms with E-state index in [-0.39, 0.29) is 11.2 Å². The molecule has 0 unspecified atom stereocenters. The number of imidazole rings is 1. The zero-order chi connectivity index (χ0) is 31.3. The van der Waals surface area contributed by atoms with E-state index in [1.807, 2.05) is 53.1 Å². The SMILES string of the molecule is [B]C(O)(O)C([B])([B])c1nc2ccccc2n1-c1c2ccccc2c(-c2ccc3c(c2)C(C)(C)c2ccccc2-3)c2ccccc12. The Morgan fingerprint density at radius 3 is 1.87 bits per heavy atom. The quantitative estimate of drug-likeness (QED) is 0.141. The number of nitrogens with zero attached hydrogens (tertiary/aromatic N) is 2. The number of aromatic nitrogens is 2. The van der Waals surface area contributed by atoms with E-state index >= 15 is 0 Å². The lowest BCUT2D eigenvalue weighted by atomic mass is 9.45. The minimum absolute atomic E-state index is 0.0244. The Morgan fingerprint density at radius 2 is 1.20 bits per heavy atom. The van der Waals surface area contributed by atoms with E-state index < -0.39 is 10.9 Å². The first kappa shape index (κ1) is 27.9. The lowest BCUT2D eigenvalue weighted by Gasteiger charge is -2.37. The summed E-state index contributed by atoms with van der Waals surface area (Å²) in [6.07, 6.45) is 0. The summed E-state index contributed by atoms with van der Waals surface area (Å²) in [5, 5.41) is 22.6. The fourth-order valence-electron chi connectivity index (χ4n) is 7.21. The van der Waals surface area contributed by atoms with Crippen molar-refractivity contribution in [3.8, 4) is 27.9 Å². The van der Waals surface area contributed by atoms with Crippen molar-refractivity contribution in [1.82, 2.24) is 9.55 Å². The highest BCUT2D eigenvalue weighted by Crippen LogP contribution is 2.51. The van der Waals surface area contributed by atoms with Gasteiger partial charge in [0.25, 0.3) is 0 Å². The van der Waals surface area contributed by atoms with Crippen LogP contribution in [0.1, 0.15) is 30.8 Å². The molecule has 1 aromatic heterocycles. The van der Waals surface area contributed by atoms with E-state index in [1.54, 1.807) is 0 Å². The Balaban J connectivity index is 1.48. The molecular formula is C38H27B3N2O2. The number of benzene rings is 6. The van der Waals surface area contributed by atoms with E-state index in [4.69, 9.17) is 28.5 Å². The molecule has 45 heavy (non-hydrogen) atoms. The van der Waals surface area contributed by atoms with Gasteiger partial charge in [-0.1, -0.05) is 111 Å². The molecule has 6 aromatic carbocycles. The third-order valence-corrected chi connectivity index (χ3v) is 9.54. The van der Waals surface area contributed by atoms with Crippen molar-refractivity contribution in [2.24, 2.45) is 0 Å². The topological polar surface area (TPSA) is 58.3 Å². The van der Waals surface area contributed by atoms with Crippen LogP contribution in [0.3, 0.4) is 0 Å². The maximum Gasteiger partial charge on any atom is 0.152 e. The van der Waals surface area contributed by atoms with Crippen molar-refractivity contribution < 1.29 is 10.2 Å². The predicted molar refractivity (Wildman–Crippen MR) is 185 cm³/mol. The molecule has 4 nitrogen and oxygen atoms in total. The van der Waals surface area contributed by atoms with Gasteiger partial charge >= 0.3 is 0 Å². The van der Waals surface area contributed by atoms with Gasteiger partial charge in [-0.15, -0.1) is 0 Å². The van der Waals surface area contributed by atoms with Gasteiger partial charge in [0.05, 0.1) is 32.4 Å². The monoisotopic (exact) mass is 576 g/mol. The van der Waals surface area contributed by atoms with Crippen LogP contribution in [0.15, 0.2) is 115 Å². The third-order valence-electron chi connectivity index (χ3n) is 9.54. The lowest BCUT2D eigenvalue weighted by molar-refractivity contribution is -0.100. The van der Waals surface area contributed by atoms with Crippen LogP contribution in [0.5, 0.6) is 0 Å². The van der Waals surface area contributed by atoms with Gasteiger partial charge in [0.1, 0.15) is 11.5 Å². The van der Waals surface area contributed by atoms with Crippen molar-refractivity contribution in [2.75, 3.05) is 0 Å². The molecule has 0 saturated heterocycles. The Hall–Kier alpha value is -4.58. The minimum Gasteiger partial charge on any atom is -0.376 e. The van der Waals surface area contributed by atoms with Crippen molar-refractivity contribution in [3.63, 3.8) is 0 Å². The molecule has 0 saturated carbocycles. The largest absolute Gasteiger partial charge is 0.376 e. The highest BCUT2D eigenvalue weighted by Gasteiger charge is 2.42. The van der Waals surface area contributed by atoms with Gasteiger partial charge in [-0.2, -0.15) is 0 Å². The smallest absolute Gasteiger partial charge is 0.152 e. The minimum atomic E-state index is -2.95. The molecule has 7 aromatic rings. The number of hydrogen-bond acceptors (Lipinski definition) is 3. The molecule has 210 valence electrons. The molecule has 0 aliphatic heterocycles. The molecule has 0 fully saturated rings. The molecule has 7 heteroatoms. The van der Waals surface area contributed by atoms with Crippen LogP contribution in [0.25, 0.3) is 60.5 Å². The van der Waals surface area contributed by atoms with Gasteiger partial charge < -0.3 is 10.2 Å². The zero-order valence-corrected chi connectivity index (χ0v) is 25.0. The predicted octanol–water partition coefficient (Wildman–Crippen LogP) is 6.60. The molecule has 1 heterocycles. The number of aliphatic hydroxyl groups is 2. The molecule has 1 aliphatic carbocycles. The first-order chi connectivity index (χ1) is 21.5. The number of para-hydroxylation sites is 2. The molecule has 2 N–H and O–H groups in total. The Bertz CT molecular complexity index is 2280. The fraction of sp³-hybridized carbons (Fsp3) is 0.132. The fourth-order valence-corrected chi connectivity index (χ4v) is 7.21. The number of fused-ring (bicyclic) bond motifs is 6. The van der Waals surface area contributed by atoms with Gasteiger partial charge in [0, 0.05) is 16.2 Å². The summed E-state index contributed by atoms with van der Waals surface area (Å²) in [6.45, 7) is 4.58. The second-order valence-corrected chi connectivity index (χ2v) is 12.6. The molecule has 8 rings (SSSR count). The van der Waals surface area contributed by atoms with E-state index in [0.717, 1.165) is 38.4 Å². The second-order valence-electron chi connectivity index (χ2n) is 12.6. The van der Waals surface area contributed by atoms with Gasteiger partial charge in [-0.05, 0) is 67.6 Å². The van der Waals surface area contributed by atoms with Crippen LogP contribution in [0, 0.1) is 0 Å². The summed E-state index contributed by atoms with van der Waals surface area (Å²) in [4.78, 5) is 4.71. The molecule has 6 radical (unpaired) electrons. The summed E-state index contributed by atoms with van der Waals surface area (Å²) in [5.41, 5.74) is 6.36. The molecule has 0 atom stereocenters. The van der Waals surface area contributed by atoms with Crippen LogP contribution in [-0.2, 0) is 10.6 Å². The summed E-state index contributed by atoms with van der Waals surface area (Å²) in [7, 11) is 18.6. The highest BCUT2D eigenvalue weighted by atomic mass is 16.5. The summed E-state index contributed by atoms with van der Waals surface area (Å²) in [5.74, 6) is 0.0244. The van der Waals surface area contributed by atoms with E-state index in [1.165, 1.54) is 22.3 Å². The average molecular weight is 576 g/mol. The van der Waals surface area contributed by atoms with Crippen molar-refractivity contribution in [3.05, 3.63) is 132 Å². The van der Waals surface area contributed by atoms with Crippen LogP contribution in [-0.4, -0.2) is 49.0 Å². The Labute approximate surface area is 265 Å². The summed E-state index contributed by atoms with van der Waals surface area (Å²) in [6, 6.07) is 39.4. The van der Waals surface area contributed by atoms with Gasteiger partial charge in [-0.3, -0.25) is 4.57 Å². The molecule has 0 bridgehead atoms. The van der Waals surface area contributed by atoms with E-state index in [2.05, 4.69) is 80.6 Å². The molecule has 1 aliphatic rings. The molecule has 0 spiro atoms. The number of rotatable bonds is 4. The lowest BCUT2D eigenvalue weighted by Crippen LogP contribution is -2.54. The molecular weight excluding hydrogens is 549 g/mol. The van der Waals surface area contributed by atoms with Gasteiger partial charge in [0.15, 0.2) is 7.85 Å². The summed E-state index contributed by atoms with van der Waals surface area (Å²) >= 11 is 0. The standard InChI is InChI=1S/C38H27B3N2O2/c1-36(2)29-16-8-7-11-23(29)24-20-19-22(21-30(24)36)33-25-12-3-5-14-27(25)34(28-15-6-4-13-26(28)33)43-32-18-10-9-17-31(32)42-35(43)37(39,40)38(41,44)45/h3-21,44-45H,1-2H3. The summed E-state index contributed by atoms with van der Waals surface area (Å²) < 4.78 is 1.82.